The molecule has 5 nitrogen and oxygen atoms in total. The summed E-state index contributed by atoms with van der Waals surface area (Å²) < 4.78 is 0.0827. The molecular weight excluding hydrogens is 288 g/mol. The number of amides is 2. The molecule has 0 rings (SSSR count). The van der Waals surface area contributed by atoms with Gasteiger partial charge in [0, 0.05) is 30.3 Å². The summed E-state index contributed by atoms with van der Waals surface area (Å²) in [5.74, 6) is -0.822. The number of carbonyl (C=O) groups excluding carboxylic acids is 1. The molecule has 0 bridgehead atoms. The molecule has 0 aliphatic carbocycles. The number of hydrogen-bond donors (Lipinski definition) is 2. The first-order valence-electron chi connectivity index (χ1n) is 7.63. The lowest BCUT2D eigenvalue weighted by Gasteiger charge is -2.32. The summed E-state index contributed by atoms with van der Waals surface area (Å²) in [4.78, 5) is 24.6. The SMILES string of the molecule is CCC(CC)(CNC(=O)N(CCCC(=O)O)C(C)C)SC. The molecule has 21 heavy (non-hydrogen) atoms. The van der Waals surface area contributed by atoms with Crippen LogP contribution in [0.2, 0.25) is 0 Å². The highest BCUT2D eigenvalue weighted by atomic mass is 32.2. The number of carboxylic acid groups (broad SMARTS) is 1. The summed E-state index contributed by atoms with van der Waals surface area (Å²) in [5.41, 5.74) is 0. The second-order valence-electron chi connectivity index (χ2n) is 5.54. The summed E-state index contributed by atoms with van der Waals surface area (Å²) in [6.45, 7) is 9.28. The lowest BCUT2D eigenvalue weighted by Crippen LogP contribution is -2.48. The fourth-order valence-corrected chi connectivity index (χ4v) is 2.99. The van der Waals surface area contributed by atoms with Crippen LogP contribution in [0.3, 0.4) is 0 Å². The van der Waals surface area contributed by atoms with Gasteiger partial charge in [0.1, 0.15) is 0 Å². The van der Waals surface area contributed by atoms with Gasteiger partial charge in [0.05, 0.1) is 0 Å². The Balaban J connectivity index is 4.51. The molecule has 0 fully saturated rings. The maximum absolute atomic E-state index is 12.3. The van der Waals surface area contributed by atoms with E-state index in [2.05, 4.69) is 25.4 Å². The van der Waals surface area contributed by atoms with Crippen LogP contribution in [0, 0.1) is 0 Å². The van der Waals surface area contributed by atoms with Crippen molar-refractivity contribution in [3.8, 4) is 0 Å². The van der Waals surface area contributed by atoms with Crippen LogP contribution < -0.4 is 5.32 Å². The van der Waals surface area contributed by atoms with Crippen molar-refractivity contribution in [3.63, 3.8) is 0 Å². The molecule has 0 saturated heterocycles. The van der Waals surface area contributed by atoms with E-state index in [-0.39, 0.29) is 23.2 Å². The van der Waals surface area contributed by atoms with Crippen molar-refractivity contribution in [1.82, 2.24) is 10.2 Å². The number of nitrogens with zero attached hydrogens (tertiary/aromatic N) is 1. The first-order chi connectivity index (χ1) is 9.81. The van der Waals surface area contributed by atoms with Crippen molar-refractivity contribution in [2.45, 2.75) is 64.2 Å². The number of hydrogen-bond acceptors (Lipinski definition) is 3. The minimum Gasteiger partial charge on any atom is -0.481 e. The fraction of sp³-hybridized carbons (Fsp3) is 0.867. The van der Waals surface area contributed by atoms with Gasteiger partial charge in [-0.15, -0.1) is 0 Å². The molecule has 2 amide bonds. The van der Waals surface area contributed by atoms with Gasteiger partial charge in [-0.3, -0.25) is 4.79 Å². The van der Waals surface area contributed by atoms with E-state index in [4.69, 9.17) is 5.11 Å². The Labute approximate surface area is 132 Å². The molecule has 0 aliphatic rings. The van der Waals surface area contributed by atoms with Gasteiger partial charge in [-0.2, -0.15) is 11.8 Å². The zero-order chi connectivity index (χ0) is 16.5. The molecule has 2 N–H and O–H groups in total. The van der Waals surface area contributed by atoms with E-state index < -0.39 is 5.97 Å². The summed E-state index contributed by atoms with van der Waals surface area (Å²) >= 11 is 1.79. The molecule has 0 aliphatic heterocycles. The van der Waals surface area contributed by atoms with Crippen molar-refractivity contribution in [2.24, 2.45) is 0 Å². The monoisotopic (exact) mass is 318 g/mol. The van der Waals surface area contributed by atoms with Crippen LogP contribution in [0.5, 0.6) is 0 Å². The molecule has 0 atom stereocenters. The van der Waals surface area contributed by atoms with Crippen LogP contribution in [0.4, 0.5) is 4.79 Å². The summed E-state index contributed by atoms with van der Waals surface area (Å²) in [6, 6.07) is -0.0403. The molecule has 0 unspecified atom stereocenters. The van der Waals surface area contributed by atoms with Gasteiger partial charge in [0.15, 0.2) is 0 Å². The number of thioether (sulfide) groups is 1. The zero-order valence-electron chi connectivity index (χ0n) is 13.9. The number of nitrogens with one attached hydrogen (secondary N) is 1. The molecule has 0 radical (unpaired) electrons. The van der Waals surface area contributed by atoms with Gasteiger partial charge < -0.3 is 15.3 Å². The van der Waals surface area contributed by atoms with E-state index in [0.717, 1.165) is 12.8 Å². The third-order valence-corrected chi connectivity index (χ3v) is 5.55. The van der Waals surface area contributed by atoms with Crippen LogP contribution in [0.1, 0.15) is 53.4 Å². The molecule has 0 aromatic heterocycles. The number of carboxylic acids is 1. The average molecular weight is 318 g/mol. The van der Waals surface area contributed by atoms with Gasteiger partial charge >= 0.3 is 12.0 Å². The van der Waals surface area contributed by atoms with Crippen molar-refractivity contribution < 1.29 is 14.7 Å². The molecule has 6 heteroatoms. The minimum absolute atomic E-state index is 0.0609. The fourth-order valence-electron chi connectivity index (χ4n) is 2.19. The standard InChI is InChI=1S/C15H30N2O3S/c1-6-15(7-2,21-5)11-16-14(20)17(12(3)4)10-8-9-13(18)19/h12H,6-11H2,1-5H3,(H,16,20)(H,18,19). The van der Waals surface area contributed by atoms with Crippen LogP contribution >= 0.6 is 11.8 Å². The van der Waals surface area contributed by atoms with E-state index in [0.29, 0.717) is 19.5 Å². The number of carbonyl (C=O) groups is 2. The van der Waals surface area contributed by atoms with Gasteiger partial charge in [0.2, 0.25) is 0 Å². The summed E-state index contributed by atoms with van der Waals surface area (Å²) in [5, 5.41) is 11.7. The third kappa shape index (κ3) is 7.07. The predicted molar refractivity (Wildman–Crippen MR) is 88.9 cm³/mol. The van der Waals surface area contributed by atoms with Crippen LogP contribution in [-0.2, 0) is 4.79 Å². The van der Waals surface area contributed by atoms with E-state index >= 15 is 0 Å². The molecule has 124 valence electrons. The van der Waals surface area contributed by atoms with Crippen LogP contribution in [0.15, 0.2) is 0 Å². The number of aliphatic carboxylic acids is 1. The van der Waals surface area contributed by atoms with Crippen molar-refractivity contribution in [1.29, 1.82) is 0 Å². The van der Waals surface area contributed by atoms with Gasteiger partial charge in [-0.05, 0) is 39.4 Å². The molecular formula is C15H30N2O3S. The Morgan fingerprint density at radius 3 is 2.24 bits per heavy atom. The Bertz CT molecular complexity index is 323. The Morgan fingerprint density at radius 2 is 1.86 bits per heavy atom. The first-order valence-corrected chi connectivity index (χ1v) is 8.85. The molecule has 0 heterocycles. The first kappa shape index (κ1) is 20.1. The third-order valence-electron chi connectivity index (χ3n) is 3.96. The van der Waals surface area contributed by atoms with Gasteiger partial charge in [-0.1, -0.05) is 13.8 Å². The second kappa shape index (κ2) is 9.92. The Hall–Kier alpha value is -0.910. The predicted octanol–water partition coefficient (Wildman–Crippen LogP) is 3.19. The van der Waals surface area contributed by atoms with E-state index in [1.54, 1.807) is 16.7 Å². The maximum atomic E-state index is 12.3. The minimum atomic E-state index is -0.822. The van der Waals surface area contributed by atoms with Crippen molar-refractivity contribution in [3.05, 3.63) is 0 Å². The Kier molecular flexibility index (Phi) is 9.49. The zero-order valence-corrected chi connectivity index (χ0v) is 14.8. The molecule has 0 saturated carbocycles. The van der Waals surface area contributed by atoms with Crippen LogP contribution in [0.25, 0.3) is 0 Å². The normalized spacial score (nSPS) is 11.5. The quantitative estimate of drug-likeness (QED) is 0.649. The van der Waals surface area contributed by atoms with Gasteiger partial charge in [0.25, 0.3) is 0 Å². The van der Waals surface area contributed by atoms with E-state index in [9.17, 15) is 9.59 Å². The van der Waals surface area contributed by atoms with E-state index in [1.807, 2.05) is 13.8 Å². The largest absolute Gasteiger partial charge is 0.481 e. The highest BCUT2D eigenvalue weighted by molar-refractivity contribution is 8.00. The van der Waals surface area contributed by atoms with Crippen molar-refractivity contribution in [2.75, 3.05) is 19.3 Å². The Morgan fingerprint density at radius 1 is 1.29 bits per heavy atom. The number of urea groups is 1. The smallest absolute Gasteiger partial charge is 0.317 e. The lowest BCUT2D eigenvalue weighted by molar-refractivity contribution is -0.137. The van der Waals surface area contributed by atoms with Crippen LogP contribution in [-0.4, -0.2) is 52.1 Å². The summed E-state index contributed by atoms with van der Waals surface area (Å²) in [6.07, 6.45) is 4.66. The number of rotatable bonds is 10. The van der Waals surface area contributed by atoms with E-state index in [1.165, 1.54) is 0 Å². The average Bonchev–Trinajstić information content (AvgIpc) is 2.44. The van der Waals surface area contributed by atoms with Gasteiger partial charge in [-0.25, -0.2) is 4.79 Å². The van der Waals surface area contributed by atoms with Crippen molar-refractivity contribution >= 4 is 23.8 Å². The molecule has 0 aromatic rings. The highest BCUT2D eigenvalue weighted by Gasteiger charge is 2.27. The molecule has 0 aromatic carbocycles. The lowest BCUT2D eigenvalue weighted by atomic mass is 10.0. The molecule has 0 spiro atoms. The topological polar surface area (TPSA) is 69.6 Å². The summed E-state index contributed by atoms with van der Waals surface area (Å²) in [7, 11) is 0. The second-order valence-corrected chi connectivity index (χ2v) is 6.81. The highest BCUT2D eigenvalue weighted by Crippen LogP contribution is 2.29. The maximum Gasteiger partial charge on any atom is 0.317 e.